The molecule has 1 aliphatic heterocycles. The van der Waals surface area contributed by atoms with Crippen LogP contribution >= 0.6 is 11.6 Å². The van der Waals surface area contributed by atoms with E-state index in [1.54, 1.807) is 0 Å². The average Bonchev–Trinajstić information content (AvgIpc) is 2.87. The van der Waals surface area contributed by atoms with Gasteiger partial charge in [0, 0.05) is 58.4 Å². The molecule has 1 aliphatic carbocycles. The number of hydrogen-bond acceptors (Lipinski definition) is 3. The number of nitrogens with one attached hydrogen (secondary N) is 1. The van der Waals surface area contributed by atoms with Crippen LogP contribution in [0.25, 0.3) is 0 Å². The van der Waals surface area contributed by atoms with E-state index in [4.69, 9.17) is 33.5 Å². The third kappa shape index (κ3) is 5.54. The number of carbonyl (C=O) groups excluding carboxylic acids is 1. The minimum absolute atomic E-state index is 0.00585. The lowest BCUT2D eigenvalue weighted by Crippen LogP contribution is -2.47. The normalized spacial score (nSPS) is 40.0. The molecule has 1 saturated heterocycles. The van der Waals surface area contributed by atoms with Crippen molar-refractivity contribution in [2.24, 2.45) is 5.92 Å². The van der Waals surface area contributed by atoms with Crippen LogP contribution in [0.2, 0.25) is 5.02 Å². The zero-order valence-corrected chi connectivity index (χ0v) is 16.6. The van der Waals surface area contributed by atoms with Gasteiger partial charge in [0.05, 0.1) is 20.3 Å². The molecule has 6 heteroatoms. The fourth-order valence-corrected chi connectivity index (χ4v) is 3.25. The number of amides is 2. The highest BCUT2D eigenvalue weighted by molar-refractivity contribution is 6.34. The van der Waals surface area contributed by atoms with E-state index in [0.717, 1.165) is 7.05 Å². The molecule has 28 heavy (non-hydrogen) atoms. The first-order valence-electron chi connectivity index (χ1n) is 17.1. The van der Waals surface area contributed by atoms with Gasteiger partial charge >= 0.3 is 6.03 Å². The molecular formula is C22H35ClN4O. The number of piperazine rings is 1. The second-order valence-corrected chi connectivity index (χ2v) is 7.25. The summed E-state index contributed by atoms with van der Waals surface area (Å²) < 4.78 is 134. The lowest BCUT2D eigenvalue weighted by Gasteiger charge is -2.37. The maximum atomic E-state index is 12.3. The molecule has 5 nitrogen and oxygen atoms in total. The molecule has 0 radical (unpaired) electrons. The van der Waals surface area contributed by atoms with Crippen LogP contribution in [-0.2, 0) is 0 Å². The van der Waals surface area contributed by atoms with E-state index < -0.39 is 92.7 Å². The van der Waals surface area contributed by atoms with Gasteiger partial charge in [0.2, 0.25) is 0 Å². The van der Waals surface area contributed by atoms with Gasteiger partial charge in [-0.1, -0.05) is 23.7 Å². The summed E-state index contributed by atoms with van der Waals surface area (Å²) in [6.45, 7) is -18.6. The van der Waals surface area contributed by atoms with Crippen molar-refractivity contribution in [2.75, 3.05) is 51.4 Å². The summed E-state index contributed by atoms with van der Waals surface area (Å²) in [5, 5.41) is 2.07. The first kappa shape index (κ1) is 8.73. The summed E-state index contributed by atoms with van der Waals surface area (Å²) in [6, 6.07) is -3.42. The Hall–Kier alpha value is -1.46. The summed E-state index contributed by atoms with van der Waals surface area (Å²) in [5.74, 6) is -0.507. The molecule has 1 N–H and O–H groups in total. The van der Waals surface area contributed by atoms with Crippen LogP contribution < -0.4 is 10.2 Å². The van der Waals surface area contributed by atoms with Crippen molar-refractivity contribution >= 4 is 23.3 Å². The van der Waals surface area contributed by atoms with Crippen molar-refractivity contribution in [3.8, 4) is 0 Å². The number of urea groups is 1. The third-order valence-electron chi connectivity index (χ3n) is 4.76. The van der Waals surface area contributed by atoms with Crippen LogP contribution in [-0.4, -0.2) is 68.4 Å². The first-order chi connectivity index (χ1) is 19.7. The molecule has 1 aromatic carbocycles. The Morgan fingerprint density at radius 2 is 2.07 bits per heavy atom. The Kier molecular flexibility index (Phi) is 3.07. The first-order valence-corrected chi connectivity index (χ1v) is 9.44. The van der Waals surface area contributed by atoms with Crippen molar-refractivity contribution in [1.29, 1.82) is 0 Å². The van der Waals surface area contributed by atoms with E-state index in [0.29, 0.717) is 17.7 Å². The average molecular weight is 423 g/mol. The largest absolute Gasteiger partial charge is 0.368 e. The molecule has 0 spiro atoms. The van der Waals surface area contributed by atoms with E-state index in [-0.39, 0.29) is 28.2 Å². The Morgan fingerprint density at radius 3 is 2.75 bits per heavy atom. The van der Waals surface area contributed by atoms with E-state index in [1.807, 2.05) is 0 Å². The highest BCUT2D eigenvalue weighted by atomic mass is 35.5. The van der Waals surface area contributed by atoms with Gasteiger partial charge in [-0.25, -0.2) is 4.79 Å². The summed E-state index contributed by atoms with van der Waals surface area (Å²) in [4.78, 5) is 12.7. The van der Waals surface area contributed by atoms with Gasteiger partial charge in [0.25, 0.3) is 0 Å². The van der Waals surface area contributed by atoms with Gasteiger partial charge in [-0.15, -0.1) is 0 Å². The Balaban J connectivity index is 1.94. The molecular weight excluding hydrogens is 372 g/mol. The molecule has 0 unspecified atom stereocenters. The van der Waals surface area contributed by atoms with E-state index in [9.17, 15) is 4.79 Å². The summed E-state index contributed by atoms with van der Waals surface area (Å²) in [7, 11) is 1.12. The molecule has 1 aromatic rings. The van der Waals surface area contributed by atoms with Crippen LogP contribution in [0.5, 0.6) is 0 Å². The second-order valence-electron chi connectivity index (χ2n) is 6.87. The smallest absolute Gasteiger partial charge is 0.317 e. The number of anilines is 1. The molecule has 2 amide bonds. The molecule has 1 heterocycles. The van der Waals surface area contributed by atoms with Crippen LogP contribution in [0.4, 0.5) is 10.5 Å². The van der Waals surface area contributed by atoms with Crippen molar-refractivity contribution in [3.05, 3.63) is 28.7 Å². The summed E-state index contributed by atoms with van der Waals surface area (Å²) >= 11 is 6.30. The number of nitrogens with zero attached hydrogens (tertiary/aromatic N) is 3. The van der Waals surface area contributed by atoms with E-state index in [2.05, 4.69) is 5.32 Å². The molecule has 0 atom stereocenters. The zero-order chi connectivity index (χ0) is 34.2. The van der Waals surface area contributed by atoms with Gasteiger partial charge in [-0.3, -0.25) is 4.90 Å². The van der Waals surface area contributed by atoms with Crippen LogP contribution in [0.3, 0.4) is 0 Å². The van der Waals surface area contributed by atoms with Crippen LogP contribution in [0.15, 0.2) is 18.1 Å². The predicted octanol–water partition coefficient (Wildman–Crippen LogP) is 3.99. The molecule has 156 valence electrons. The van der Waals surface area contributed by atoms with Crippen molar-refractivity contribution < 1.29 is 26.7 Å². The predicted molar refractivity (Wildman–Crippen MR) is 117 cm³/mol. The van der Waals surface area contributed by atoms with E-state index in [1.165, 1.54) is 6.92 Å². The Labute approximate surface area is 197 Å². The zero-order valence-electron chi connectivity index (χ0n) is 31.8. The standard InChI is InChI=1S/C22H35ClN4O/c1-17-5-4-6-20(21(17)23)27-15-13-26(14-16-27)12-11-18-7-9-19(10-8-18)24-22(28)25(2)3/h4-6,18-19H,7-16H2,1-3H3,(H,24,28)/t18-,19-/i2D3,4D,5D,6D,12D2,13D2,14D2,15D2,16D2. The minimum atomic E-state index is -3.58. The molecule has 2 aliphatic rings. The molecule has 0 aromatic heterocycles. The van der Waals surface area contributed by atoms with Crippen molar-refractivity contribution in [3.63, 3.8) is 0 Å². The number of benzene rings is 1. The Morgan fingerprint density at radius 1 is 1.36 bits per heavy atom. The SMILES string of the molecule is [2H]c1c([2H])c(C)c(Cl)c(N2C([2H])([2H])C([2H])([2H])N(C([2H])([2H])C[C@H]3CC[C@H](NC(=O)N(C)C([2H])([2H])[2H])CC3)C([2H])([2H])C2([2H])[2H])c1[2H]. The van der Waals surface area contributed by atoms with Gasteiger partial charge in [-0.05, 0) is 63.0 Å². The number of rotatable bonds is 5. The highest BCUT2D eigenvalue weighted by Crippen LogP contribution is 2.30. The second kappa shape index (κ2) is 9.84. The molecule has 1 saturated carbocycles. The minimum Gasteiger partial charge on any atom is -0.368 e. The molecule has 3 rings (SSSR count). The lowest BCUT2D eigenvalue weighted by atomic mass is 9.84. The van der Waals surface area contributed by atoms with Gasteiger partial charge in [0.1, 0.15) is 0 Å². The fourth-order valence-electron chi connectivity index (χ4n) is 3.08. The molecule has 0 bridgehead atoms. The van der Waals surface area contributed by atoms with Crippen molar-refractivity contribution in [2.45, 2.75) is 45.1 Å². The lowest BCUT2D eigenvalue weighted by molar-refractivity contribution is 0.194. The third-order valence-corrected chi connectivity index (χ3v) is 5.22. The summed E-state index contributed by atoms with van der Waals surface area (Å²) in [6.07, 6.45) is 0.638. The number of carbonyl (C=O) groups is 1. The van der Waals surface area contributed by atoms with Crippen LogP contribution in [0.1, 0.15) is 59.6 Å². The van der Waals surface area contributed by atoms with Gasteiger partial charge in [0.15, 0.2) is 0 Å². The quantitative estimate of drug-likeness (QED) is 0.779. The maximum Gasteiger partial charge on any atom is 0.317 e. The van der Waals surface area contributed by atoms with Gasteiger partial charge < -0.3 is 15.1 Å². The number of hydrogen-bond donors (Lipinski definition) is 1. The topological polar surface area (TPSA) is 38.8 Å². The van der Waals surface area contributed by atoms with E-state index >= 15 is 0 Å². The monoisotopic (exact) mass is 422 g/mol. The fraction of sp³-hybridized carbons (Fsp3) is 0.682. The Bertz CT molecular complexity index is 1220. The maximum absolute atomic E-state index is 12.3. The van der Waals surface area contributed by atoms with Crippen molar-refractivity contribution in [1.82, 2.24) is 15.1 Å². The summed E-state index contributed by atoms with van der Waals surface area (Å²) in [5.41, 5.74) is -0.970. The van der Waals surface area contributed by atoms with Crippen LogP contribution in [0, 0.1) is 12.8 Å². The highest BCUT2D eigenvalue weighted by Gasteiger charge is 2.24. The molecule has 2 fully saturated rings. The van der Waals surface area contributed by atoms with Gasteiger partial charge in [-0.2, -0.15) is 0 Å². The number of halogens is 1.